The van der Waals surface area contributed by atoms with Gasteiger partial charge in [-0.25, -0.2) is 9.97 Å². The predicted octanol–water partition coefficient (Wildman–Crippen LogP) is 2.34. The number of hydrogen-bond donors (Lipinski definition) is 1. The van der Waals surface area contributed by atoms with E-state index in [1.807, 2.05) is 30.7 Å². The number of H-pyrrole nitrogens is 1. The Hall–Kier alpha value is -2.83. The number of nitrogens with zero attached hydrogens (tertiary/aromatic N) is 4. The molecule has 7 heteroatoms. The molecule has 2 heterocycles. The van der Waals surface area contributed by atoms with Gasteiger partial charge in [0.2, 0.25) is 0 Å². The minimum absolute atomic E-state index is 0.0487. The van der Waals surface area contributed by atoms with Crippen LogP contribution in [0.4, 0.5) is 0 Å². The Balaban J connectivity index is 1.50. The predicted molar refractivity (Wildman–Crippen MR) is 91.9 cm³/mol. The number of ether oxygens (including phenoxy) is 2. The number of benzene rings is 1. The van der Waals surface area contributed by atoms with Gasteiger partial charge in [-0.05, 0) is 30.5 Å². The van der Waals surface area contributed by atoms with Crippen molar-refractivity contribution >= 4 is 0 Å². The molecule has 1 aromatic carbocycles. The molecule has 0 unspecified atom stereocenters. The second-order valence-corrected chi connectivity index (χ2v) is 6.49. The Labute approximate surface area is 146 Å². The Kier molecular flexibility index (Phi) is 3.91. The summed E-state index contributed by atoms with van der Waals surface area (Å²) in [5.74, 6) is 3.20. The van der Waals surface area contributed by atoms with Crippen LogP contribution in [0.1, 0.15) is 30.1 Å². The van der Waals surface area contributed by atoms with Gasteiger partial charge in [0.15, 0.2) is 17.3 Å². The largest absolute Gasteiger partial charge is 0.493 e. The highest BCUT2D eigenvalue weighted by Gasteiger charge is 2.48. The van der Waals surface area contributed by atoms with Gasteiger partial charge >= 0.3 is 0 Å². The molecule has 7 nitrogen and oxygen atoms in total. The number of methoxy groups -OCH3 is 2. The first kappa shape index (κ1) is 15.7. The van der Waals surface area contributed by atoms with Gasteiger partial charge < -0.3 is 14.0 Å². The van der Waals surface area contributed by atoms with Crippen molar-refractivity contribution in [2.45, 2.75) is 31.2 Å². The third-order valence-electron chi connectivity index (χ3n) is 4.72. The van der Waals surface area contributed by atoms with E-state index in [4.69, 9.17) is 14.5 Å². The van der Waals surface area contributed by atoms with Crippen LogP contribution in [-0.4, -0.2) is 39.0 Å². The molecule has 1 aliphatic carbocycles. The number of nitrogens with one attached hydrogen (secondary N) is 1. The quantitative estimate of drug-likeness (QED) is 0.715. The summed E-state index contributed by atoms with van der Waals surface area (Å²) in [5, 5.41) is 7.57. The zero-order chi connectivity index (χ0) is 17.3. The van der Waals surface area contributed by atoms with Crippen LogP contribution in [0.25, 0.3) is 0 Å². The van der Waals surface area contributed by atoms with Gasteiger partial charge in [-0.3, -0.25) is 5.10 Å². The lowest BCUT2D eigenvalue weighted by Crippen LogP contribution is -2.16. The third kappa shape index (κ3) is 3.09. The fourth-order valence-corrected chi connectivity index (χ4v) is 3.13. The lowest BCUT2D eigenvalue weighted by molar-refractivity contribution is 0.354. The zero-order valence-corrected chi connectivity index (χ0v) is 14.4. The first-order valence-electron chi connectivity index (χ1n) is 8.31. The van der Waals surface area contributed by atoms with E-state index in [-0.39, 0.29) is 5.41 Å². The Morgan fingerprint density at radius 2 is 2.04 bits per heavy atom. The van der Waals surface area contributed by atoms with E-state index >= 15 is 0 Å². The minimum Gasteiger partial charge on any atom is -0.493 e. The smallest absolute Gasteiger partial charge is 0.161 e. The summed E-state index contributed by atoms with van der Waals surface area (Å²) >= 11 is 0. The zero-order valence-electron chi connectivity index (χ0n) is 14.4. The molecule has 0 saturated heterocycles. The van der Waals surface area contributed by atoms with E-state index in [1.54, 1.807) is 20.4 Å². The fraction of sp³-hybridized carbons (Fsp3) is 0.389. The van der Waals surface area contributed by atoms with Gasteiger partial charge in [0.25, 0.3) is 0 Å². The molecule has 1 saturated carbocycles. The van der Waals surface area contributed by atoms with E-state index in [1.165, 1.54) is 0 Å². The number of aromatic nitrogens is 5. The van der Waals surface area contributed by atoms with Crippen molar-refractivity contribution in [3.63, 3.8) is 0 Å². The van der Waals surface area contributed by atoms with Gasteiger partial charge in [0.05, 0.1) is 26.0 Å². The average Bonchev–Trinajstić information content (AvgIpc) is 3.01. The van der Waals surface area contributed by atoms with Gasteiger partial charge in [-0.2, -0.15) is 5.10 Å². The molecule has 0 atom stereocenters. The van der Waals surface area contributed by atoms with Crippen LogP contribution in [0.5, 0.6) is 11.5 Å². The van der Waals surface area contributed by atoms with Crippen molar-refractivity contribution in [1.82, 2.24) is 24.7 Å². The lowest BCUT2D eigenvalue weighted by Gasteiger charge is -2.11. The van der Waals surface area contributed by atoms with Crippen LogP contribution in [0.2, 0.25) is 0 Å². The molecule has 25 heavy (non-hydrogen) atoms. The molecule has 4 rings (SSSR count). The SMILES string of the molecule is COc1ccc(Cc2nc(C3(Cn4ccnc4)CC3)n[nH]2)cc1OC. The standard InChI is InChI=1S/C18H21N5O2/c1-24-14-4-3-13(9-15(14)25-2)10-16-20-17(22-21-16)18(5-6-18)11-23-8-7-19-12-23/h3-4,7-9,12H,5-6,10-11H2,1-2H3,(H,20,21,22). The molecule has 0 bridgehead atoms. The topological polar surface area (TPSA) is 77.9 Å². The molecule has 1 fully saturated rings. The molecule has 0 radical (unpaired) electrons. The summed E-state index contributed by atoms with van der Waals surface area (Å²) in [4.78, 5) is 8.86. The Morgan fingerprint density at radius 1 is 1.20 bits per heavy atom. The molecular weight excluding hydrogens is 318 g/mol. The number of imidazole rings is 1. The summed E-state index contributed by atoms with van der Waals surface area (Å²) in [5.41, 5.74) is 1.15. The van der Waals surface area contributed by atoms with Gasteiger partial charge in [-0.1, -0.05) is 6.07 Å². The van der Waals surface area contributed by atoms with Crippen LogP contribution in [-0.2, 0) is 18.4 Å². The molecule has 3 aromatic rings. The average molecular weight is 339 g/mol. The fourth-order valence-electron chi connectivity index (χ4n) is 3.13. The summed E-state index contributed by atoms with van der Waals surface area (Å²) in [7, 11) is 3.27. The maximum absolute atomic E-state index is 5.36. The molecular formula is C18H21N5O2. The van der Waals surface area contributed by atoms with Gasteiger partial charge in [0.1, 0.15) is 5.82 Å². The maximum atomic E-state index is 5.36. The van der Waals surface area contributed by atoms with Crippen LogP contribution < -0.4 is 9.47 Å². The van der Waals surface area contributed by atoms with Crippen LogP contribution in [0, 0.1) is 0 Å². The van der Waals surface area contributed by atoms with E-state index in [0.29, 0.717) is 6.42 Å². The summed E-state index contributed by atoms with van der Waals surface area (Å²) in [6.45, 7) is 0.876. The molecule has 1 aliphatic rings. The Bertz CT molecular complexity index is 852. The number of aromatic amines is 1. The number of rotatable bonds is 7. The highest BCUT2D eigenvalue weighted by atomic mass is 16.5. The highest BCUT2D eigenvalue weighted by Crippen LogP contribution is 2.48. The minimum atomic E-state index is 0.0487. The van der Waals surface area contributed by atoms with Crippen molar-refractivity contribution in [3.05, 3.63) is 54.1 Å². The van der Waals surface area contributed by atoms with E-state index in [9.17, 15) is 0 Å². The molecule has 0 aliphatic heterocycles. The van der Waals surface area contributed by atoms with Crippen LogP contribution in [0.3, 0.4) is 0 Å². The van der Waals surface area contributed by atoms with Crippen molar-refractivity contribution in [2.75, 3.05) is 14.2 Å². The van der Waals surface area contributed by atoms with Crippen LogP contribution in [0.15, 0.2) is 36.9 Å². The first-order valence-corrected chi connectivity index (χ1v) is 8.31. The molecule has 0 amide bonds. The van der Waals surface area contributed by atoms with Crippen molar-refractivity contribution in [1.29, 1.82) is 0 Å². The molecule has 0 spiro atoms. The molecule has 130 valence electrons. The highest BCUT2D eigenvalue weighted by molar-refractivity contribution is 5.43. The third-order valence-corrected chi connectivity index (χ3v) is 4.72. The molecule has 2 aromatic heterocycles. The van der Waals surface area contributed by atoms with E-state index in [2.05, 4.69) is 19.7 Å². The van der Waals surface area contributed by atoms with Crippen molar-refractivity contribution in [2.24, 2.45) is 0 Å². The number of hydrogen-bond acceptors (Lipinski definition) is 5. The lowest BCUT2D eigenvalue weighted by atomic mass is 10.1. The van der Waals surface area contributed by atoms with E-state index < -0.39 is 0 Å². The second kappa shape index (κ2) is 6.23. The Morgan fingerprint density at radius 3 is 2.72 bits per heavy atom. The first-order chi connectivity index (χ1) is 12.2. The monoisotopic (exact) mass is 339 g/mol. The van der Waals surface area contributed by atoms with Gasteiger partial charge in [-0.15, -0.1) is 0 Å². The van der Waals surface area contributed by atoms with E-state index in [0.717, 1.165) is 48.1 Å². The van der Waals surface area contributed by atoms with Gasteiger partial charge in [0, 0.05) is 25.4 Å². The van der Waals surface area contributed by atoms with Crippen molar-refractivity contribution < 1.29 is 9.47 Å². The second-order valence-electron chi connectivity index (χ2n) is 6.49. The van der Waals surface area contributed by atoms with Crippen LogP contribution >= 0.6 is 0 Å². The maximum Gasteiger partial charge on any atom is 0.161 e. The summed E-state index contributed by atoms with van der Waals surface area (Å²) in [6.07, 6.45) is 8.53. The summed E-state index contributed by atoms with van der Waals surface area (Å²) < 4.78 is 12.7. The van der Waals surface area contributed by atoms with Crippen molar-refractivity contribution in [3.8, 4) is 11.5 Å². The normalized spacial score (nSPS) is 15.1. The summed E-state index contributed by atoms with van der Waals surface area (Å²) in [6, 6.07) is 5.90. The molecule has 1 N–H and O–H groups in total.